The number of benzene rings is 1. The predicted octanol–water partition coefficient (Wildman–Crippen LogP) is 1.93. The Morgan fingerprint density at radius 1 is 1.40 bits per heavy atom. The zero-order chi connectivity index (χ0) is 11.3. The van der Waals surface area contributed by atoms with Crippen molar-refractivity contribution in [3.8, 4) is 5.75 Å². The Kier molecular flexibility index (Phi) is 3.86. The summed E-state index contributed by atoms with van der Waals surface area (Å²) in [4.78, 5) is 10.8. The summed E-state index contributed by atoms with van der Waals surface area (Å²) in [6.45, 7) is 1.76. The van der Waals surface area contributed by atoms with E-state index in [1.54, 1.807) is 19.1 Å². The van der Waals surface area contributed by atoms with Crippen LogP contribution in [0.25, 0.3) is 0 Å². The van der Waals surface area contributed by atoms with Crippen molar-refractivity contribution in [2.45, 2.75) is 25.4 Å². The summed E-state index contributed by atoms with van der Waals surface area (Å²) in [5.41, 5.74) is 0.371. The second-order valence-corrected chi connectivity index (χ2v) is 3.80. The molecule has 0 aliphatic heterocycles. The van der Waals surface area contributed by atoms with Crippen LogP contribution in [0.2, 0.25) is 0 Å². The Hall–Kier alpha value is -1.35. The van der Waals surface area contributed by atoms with Gasteiger partial charge in [0.2, 0.25) is 0 Å². The second kappa shape index (κ2) is 4.94. The van der Waals surface area contributed by atoms with E-state index < -0.39 is 5.60 Å². The number of aryl methyl sites for hydroxylation is 1. The van der Waals surface area contributed by atoms with Crippen LogP contribution in [0.15, 0.2) is 24.3 Å². The van der Waals surface area contributed by atoms with Crippen molar-refractivity contribution < 1.29 is 14.6 Å². The molecule has 0 aliphatic carbocycles. The number of hydrogen-bond donors (Lipinski definition) is 1. The number of carbonyl (C=O) groups is 1. The first-order chi connectivity index (χ1) is 7.09. The van der Waals surface area contributed by atoms with Gasteiger partial charge in [-0.3, -0.25) is 0 Å². The highest BCUT2D eigenvalue weighted by Crippen LogP contribution is 2.17. The average Bonchev–Trinajstić information content (AvgIpc) is 2.28. The maximum Gasteiger partial charge on any atom is 0.151 e. The molecule has 0 saturated heterocycles. The van der Waals surface area contributed by atoms with Crippen molar-refractivity contribution in [3.05, 3.63) is 29.8 Å². The summed E-state index contributed by atoms with van der Waals surface area (Å²) >= 11 is 0. The minimum Gasteiger partial charge on any atom is -0.508 e. The summed E-state index contributed by atoms with van der Waals surface area (Å²) in [7, 11) is 1.53. The third-order valence-corrected chi connectivity index (χ3v) is 2.56. The lowest BCUT2D eigenvalue weighted by Crippen LogP contribution is -2.29. The predicted molar refractivity (Wildman–Crippen MR) is 57.9 cm³/mol. The molecule has 0 fully saturated rings. The topological polar surface area (TPSA) is 46.5 Å². The Labute approximate surface area is 89.7 Å². The van der Waals surface area contributed by atoms with Gasteiger partial charge in [-0.15, -0.1) is 0 Å². The van der Waals surface area contributed by atoms with Crippen LogP contribution in [0.4, 0.5) is 0 Å². The summed E-state index contributed by atoms with van der Waals surface area (Å²) in [5, 5.41) is 9.10. The third-order valence-electron chi connectivity index (χ3n) is 2.56. The number of methoxy groups -OCH3 is 1. The van der Waals surface area contributed by atoms with E-state index in [0.717, 1.165) is 18.3 Å². The number of hydrogen-bond acceptors (Lipinski definition) is 3. The lowest BCUT2D eigenvalue weighted by Gasteiger charge is -2.20. The molecule has 1 N–H and O–H groups in total. The van der Waals surface area contributed by atoms with E-state index in [0.29, 0.717) is 6.42 Å². The van der Waals surface area contributed by atoms with Crippen molar-refractivity contribution in [2.24, 2.45) is 0 Å². The highest BCUT2D eigenvalue weighted by Gasteiger charge is 2.21. The van der Waals surface area contributed by atoms with Gasteiger partial charge in [-0.25, -0.2) is 0 Å². The maximum absolute atomic E-state index is 10.8. The molecule has 1 rings (SSSR count). The number of phenolic OH excluding ortho intramolecular Hbond substituents is 1. The maximum atomic E-state index is 10.8. The molecule has 15 heavy (non-hydrogen) atoms. The molecule has 0 saturated carbocycles. The fourth-order valence-electron chi connectivity index (χ4n) is 1.26. The molecule has 0 bridgehead atoms. The zero-order valence-corrected chi connectivity index (χ0v) is 9.06. The first-order valence-electron chi connectivity index (χ1n) is 4.89. The molecule has 82 valence electrons. The summed E-state index contributed by atoms with van der Waals surface area (Å²) in [5.74, 6) is 0.253. The minimum absolute atomic E-state index is 0.253. The van der Waals surface area contributed by atoms with Gasteiger partial charge >= 0.3 is 0 Å². The normalized spacial score (nSPS) is 14.5. The molecule has 0 radical (unpaired) electrons. The number of phenols is 1. The smallest absolute Gasteiger partial charge is 0.151 e. The van der Waals surface area contributed by atoms with Crippen LogP contribution in [0, 0.1) is 0 Å². The molecule has 1 aromatic rings. The average molecular weight is 208 g/mol. The SMILES string of the molecule is COC(C)(C=O)CCc1ccc(O)cc1. The number of rotatable bonds is 5. The molecule has 0 aromatic heterocycles. The third kappa shape index (κ3) is 3.36. The van der Waals surface area contributed by atoms with Gasteiger partial charge < -0.3 is 14.6 Å². The molecular weight excluding hydrogens is 192 g/mol. The van der Waals surface area contributed by atoms with Gasteiger partial charge in [0.1, 0.15) is 11.4 Å². The Bertz CT molecular complexity index is 318. The van der Waals surface area contributed by atoms with Gasteiger partial charge in [-0.1, -0.05) is 12.1 Å². The Morgan fingerprint density at radius 2 is 2.00 bits per heavy atom. The molecule has 1 aromatic carbocycles. The number of aromatic hydroxyl groups is 1. The molecule has 3 nitrogen and oxygen atoms in total. The van der Waals surface area contributed by atoms with Crippen molar-refractivity contribution in [2.75, 3.05) is 7.11 Å². The molecule has 1 atom stereocenters. The van der Waals surface area contributed by atoms with E-state index in [2.05, 4.69) is 0 Å². The second-order valence-electron chi connectivity index (χ2n) is 3.80. The first-order valence-corrected chi connectivity index (χ1v) is 4.89. The van der Waals surface area contributed by atoms with Crippen LogP contribution in [-0.4, -0.2) is 24.1 Å². The van der Waals surface area contributed by atoms with Crippen LogP contribution in [0.1, 0.15) is 18.9 Å². The van der Waals surface area contributed by atoms with Gasteiger partial charge in [-0.05, 0) is 37.5 Å². The van der Waals surface area contributed by atoms with Crippen LogP contribution >= 0.6 is 0 Å². The first kappa shape index (κ1) is 11.7. The quantitative estimate of drug-likeness (QED) is 0.752. The van der Waals surface area contributed by atoms with Crippen LogP contribution in [-0.2, 0) is 16.0 Å². The zero-order valence-electron chi connectivity index (χ0n) is 9.06. The van der Waals surface area contributed by atoms with Gasteiger partial charge in [0.05, 0.1) is 0 Å². The van der Waals surface area contributed by atoms with Crippen molar-refractivity contribution in [1.82, 2.24) is 0 Å². The number of aldehydes is 1. The van der Waals surface area contributed by atoms with Crippen molar-refractivity contribution >= 4 is 6.29 Å². The van der Waals surface area contributed by atoms with Crippen LogP contribution < -0.4 is 0 Å². The molecule has 0 aliphatic rings. The van der Waals surface area contributed by atoms with Gasteiger partial charge in [0, 0.05) is 7.11 Å². The Balaban J connectivity index is 2.56. The molecule has 0 amide bonds. The number of ether oxygens (including phenoxy) is 1. The lowest BCUT2D eigenvalue weighted by atomic mass is 9.98. The largest absolute Gasteiger partial charge is 0.508 e. The van der Waals surface area contributed by atoms with Crippen molar-refractivity contribution in [3.63, 3.8) is 0 Å². The molecule has 3 heteroatoms. The van der Waals surface area contributed by atoms with Gasteiger partial charge in [-0.2, -0.15) is 0 Å². The highest BCUT2D eigenvalue weighted by atomic mass is 16.5. The Morgan fingerprint density at radius 3 is 2.47 bits per heavy atom. The summed E-state index contributed by atoms with van der Waals surface area (Å²) in [6.07, 6.45) is 2.22. The van der Waals surface area contributed by atoms with E-state index >= 15 is 0 Å². The number of carbonyl (C=O) groups excluding carboxylic acids is 1. The van der Waals surface area contributed by atoms with Gasteiger partial charge in [0.15, 0.2) is 6.29 Å². The van der Waals surface area contributed by atoms with Crippen molar-refractivity contribution in [1.29, 1.82) is 0 Å². The van der Waals surface area contributed by atoms with E-state index in [1.165, 1.54) is 7.11 Å². The summed E-state index contributed by atoms with van der Waals surface area (Å²) < 4.78 is 5.11. The van der Waals surface area contributed by atoms with E-state index in [4.69, 9.17) is 9.84 Å². The molecule has 1 unspecified atom stereocenters. The van der Waals surface area contributed by atoms with Crippen LogP contribution in [0.5, 0.6) is 5.75 Å². The fourth-order valence-corrected chi connectivity index (χ4v) is 1.26. The standard InChI is InChI=1S/C12H16O3/c1-12(9-13,15-2)8-7-10-3-5-11(14)6-4-10/h3-6,9,14H,7-8H2,1-2H3. The highest BCUT2D eigenvalue weighted by molar-refractivity contribution is 5.61. The molecule has 0 spiro atoms. The molecular formula is C12H16O3. The minimum atomic E-state index is -0.710. The van der Waals surface area contributed by atoms with E-state index in [-0.39, 0.29) is 5.75 Å². The monoisotopic (exact) mass is 208 g/mol. The van der Waals surface area contributed by atoms with Crippen LogP contribution in [0.3, 0.4) is 0 Å². The van der Waals surface area contributed by atoms with E-state index in [9.17, 15) is 4.79 Å². The molecule has 0 heterocycles. The fraction of sp³-hybridized carbons (Fsp3) is 0.417. The summed E-state index contributed by atoms with van der Waals surface area (Å²) in [6, 6.07) is 6.97. The van der Waals surface area contributed by atoms with Gasteiger partial charge in [0.25, 0.3) is 0 Å². The lowest BCUT2D eigenvalue weighted by molar-refractivity contribution is -0.126. The van der Waals surface area contributed by atoms with E-state index in [1.807, 2.05) is 12.1 Å².